The van der Waals surface area contributed by atoms with Crippen LogP contribution in [0.15, 0.2) is 18.2 Å². The molecule has 0 heterocycles. The molecule has 0 aliphatic heterocycles. The summed E-state index contributed by atoms with van der Waals surface area (Å²) in [5.74, 6) is 0.389. The first kappa shape index (κ1) is 11.0. The zero-order chi connectivity index (χ0) is 10.4. The van der Waals surface area contributed by atoms with Crippen LogP contribution in [0.1, 0.15) is 12.0 Å². The summed E-state index contributed by atoms with van der Waals surface area (Å²) in [4.78, 5) is 0. The fourth-order valence-corrected chi connectivity index (χ4v) is 1.10. The van der Waals surface area contributed by atoms with E-state index in [1.807, 2.05) is 7.05 Å². The molecule has 3 heteroatoms. The molecule has 0 saturated heterocycles. The van der Waals surface area contributed by atoms with Crippen LogP contribution >= 0.6 is 0 Å². The molecule has 78 valence electrons. The molecule has 0 aliphatic rings. The van der Waals surface area contributed by atoms with Gasteiger partial charge < -0.3 is 10.1 Å². The third kappa shape index (κ3) is 3.34. The highest BCUT2D eigenvalue weighted by molar-refractivity contribution is 5.27. The maximum Gasteiger partial charge on any atom is 0.129 e. The van der Waals surface area contributed by atoms with Crippen LogP contribution in [0.4, 0.5) is 4.39 Å². The van der Waals surface area contributed by atoms with Crippen molar-refractivity contribution in [3.63, 3.8) is 0 Å². The van der Waals surface area contributed by atoms with Crippen molar-refractivity contribution in [2.75, 3.05) is 20.2 Å². The third-order valence-corrected chi connectivity index (χ3v) is 1.98. The quantitative estimate of drug-likeness (QED) is 0.730. The first-order valence-corrected chi connectivity index (χ1v) is 4.77. The van der Waals surface area contributed by atoms with E-state index in [2.05, 4.69) is 5.32 Å². The molecule has 0 fully saturated rings. The molecule has 0 spiro atoms. The molecular formula is C11H16FNO. The van der Waals surface area contributed by atoms with Gasteiger partial charge in [-0.1, -0.05) is 6.07 Å². The zero-order valence-corrected chi connectivity index (χ0v) is 8.64. The van der Waals surface area contributed by atoms with E-state index in [1.165, 1.54) is 6.07 Å². The van der Waals surface area contributed by atoms with Crippen LogP contribution in [0, 0.1) is 12.7 Å². The van der Waals surface area contributed by atoms with Crippen LogP contribution in [0.5, 0.6) is 5.75 Å². The SMILES string of the molecule is CNCCCOc1ccc(C)c(F)c1. The molecule has 0 aliphatic carbocycles. The lowest BCUT2D eigenvalue weighted by molar-refractivity contribution is 0.308. The Hall–Kier alpha value is -1.09. The molecule has 14 heavy (non-hydrogen) atoms. The Balaban J connectivity index is 2.39. The van der Waals surface area contributed by atoms with Crippen LogP contribution in [0.3, 0.4) is 0 Å². The summed E-state index contributed by atoms with van der Waals surface area (Å²) in [5.41, 5.74) is 0.646. The largest absolute Gasteiger partial charge is 0.493 e. The second-order valence-corrected chi connectivity index (χ2v) is 3.22. The van der Waals surface area contributed by atoms with Crippen LogP contribution in [0.2, 0.25) is 0 Å². The predicted octanol–water partition coefficient (Wildman–Crippen LogP) is 2.12. The lowest BCUT2D eigenvalue weighted by Gasteiger charge is -2.06. The van der Waals surface area contributed by atoms with E-state index in [1.54, 1.807) is 19.1 Å². The Labute approximate surface area is 84.1 Å². The number of aryl methyl sites for hydroxylation is 1. The number of benzene rings is 1. The average Bonchev–Trinajstić information content (AvgIpc) is 2.18. The van der Waals surface area contributed by atoms with Gasteiger partial charge in [0.15, 0.2) is 0 Å². The van der Waals surface area contributed by atoms with Gasteiger partial charge in [0.2, 0.25) is 0 Å². The summed E-state index contributed by atoms with van der Waals surface area (Å²) in [6, 6.07) is 4.94. The minimum Gasteiger partial charge on any atom is -0.493 e. The highest BCUT2D eigenvalue weighted by Gasteiger charge is 1.99. The average molecular weight is 197 g/mol. The molecule has 0 bridgehead atoms. The van der Waals surface area contributed by atoms with Gasteiger partial charge >= 0.3 is 0 Å². The predicted molar refractivity (Wildman–Crippen MR) is 55.2 cm³/mol. The molecule has 1 aromatic rings. The number of rotatable bonds is 5. The Morgan fingerprint density at radius 2 is 2.21 bits per heavy atom. The van der Waals surface area contributed by atoms with E-state index >= 15 is 0 Å². The third-order valence-electron chi connectivity index (χ3n) is 1.98. The molecule has 1 aromatic carbocycles. The molecular weight excluding hydrogens is 181 g/mol. The maximum atomic E-state index is 13.1. The van der Waals surface area contributed by atoms with Gasteiger partial charge in [-0.25, -0.2) is 4.39 Å². The van der Waals surface area contributed by atoms with Crippen molar-refractivity contribution < 1.29 is 9.13 Å². The summed E-state index contributed by atoms with van der Waals surface area (Å²) in [6.07, 6.45) is 0.923. The molecule has 0 unspecified atom stereocenters. The summed E-state index contributed by atoms with van der Waals surface area (Å²) < 4.78 is 18.4. The van der Waals surface area contributed by atoms with Crippen molar-refractivity contribution in [3.8, 4) is 5.75 Å². The monoisotopic (exact) mass is 197 g/mol. The topological polar surface area (TPSA) is 21.3 Å². The molecule has 0 atom stereocenters. The Morgan fingerprint density at radius 1 is 1.43 bits per heavy atom. The summed E-state index contributed by atoms with van der Waals surface area (Å²) in [7, 11) is 1.89. The highest BCUT2D eigenvalue weighted by atomic mass is 19.1. The fourth-order valence-electron chi connectivity index (χ4n) is 1.10. The zero-order valence-electron chi connectivity index (χ0n) is 8.64. The van der Waals surface area contributed by atoms with Gasteiger partial charge in [0.25, 0.3) is 0 Å². The van der Waals surface area contributed by atoms with E-state index in [4.69, 9.17) is 4.74 Å². The molecule has 0 aromatic heterocycles. The Morgan fingerprint density at radius 3 is 2.86 bits per heavy atom. The van der Waals surface area contributed by atoms with Crippen molar-refractivity contribution in [2.24, 2.45) is 0 Å². The van der Waals surface area contributed by atoms with Crippen LogP contribution in [-0.2, 0) is 0 Å². The van der Waals surface area contributed by atoms with Gasteiger partial charge in [-0.05, 0) is 38.6 Å². The van der Waals surface area contributed by atoms with E-state index in [0.29, 0.717) is 17.9 Å². The van der Waals surface area contributed by atoms with E-state index in [0.717, 1.165) is 13.0 Å². The number of ether oxygens (including phenoxy) is 1. The minimum absolute atomic E-state index is 0.212. The summed E-state index contributed by atoms with van der Waals surface area (Å²) in [6.45, 7) is 3.26. The van der Waals surface area contributed by atoms with Gasteiger partial charge in [-0.3, -0.25) is 0 Å². The number of hydrogen-bond donors (Lipinski definition) is 1. The van der Waals surface area contributed by atoms with E-state index in [9.17, 15) is 4.39 Å². The number of nitrogens with one attached hydrogen (secondary N) is 1. The number of halogens is 1. The fraction of sp³-hybridized carbons (Fsp3) is 0.455. The molecule has 0 radical (unpaired) electrons. The lowest BCUT2D eigenvalue weighted by atomic mass is 10.2. The highest BCUT2D eigenvalue weighted by Crippen LogP contribution is 2.15. The van der Waals surface area contributed by atoms with Gasteiger partial charge in [-0.2, -0.15) is 0 Å². The van der Waals surface area contributed by atoms with Crippen molar-refractivity contribution in [1.29, 1.82) is 0 Å². The molecule has 1 rings (SSSR count). The van der Waals surface area contributed by atoms with Gasteiger partial charge in [0.05, 0.1) is 6.61 Å². The maximum absolute atomic E-state index is 13.1. The first-order valence-electron chi connectivity index (χ1n) is 4.77. The van der Waals surface area contributed by atoms with Gasteiger partial charge in [0.1, 0.15) is 11.6 Å². The normalized spacial score (nSPS) is 10.2. The second kappa shape index (κ2) is 5.60. The molecule has 0 amide bonds. The molecule has 0 saturated carbocycles. The smallest absolute Gasteiger partial charge is 0.129 e. The van der Waals surface area contributed by atoms with Crippen LogP contribution in [0.25, 0.3) is 0 Å². The number of hydrogen-bond acceptors (Lipinski definition) is 2. The van der Waals surface area contributed by atoms with Crippen LogP contribution in [-0.4, -0.2) is 20.2 Å². The van der Waals surface area contributed by atoms with E-state index in [-0.39, 0.29) is 5.82 Å². The summed E-state index contributed by atoms with van der Waals surface area (Å²) in [5, 5.41) is 3.02. The molecule has 2 nitrogen and oxygen atoms in total. The van der Waals surface area contributed by atoms with E-state index < -0.39 is 0 Å². The van der Waals surface area contributed by atoms with Gasteiger partial charge in [-0.15, -0.1) is 0 Å². The Bertz CT molecular complexity index is 289. The molecule has 1 N–H and O–H groups in total. The van der Waals surface area contributed by atoms with Crippen molar-refractivity contribution in [1.82, 2.24) is 5.32 Å². The first-order chi connectivity index (χ1) is 6.74. The van der Waals surface area contributed by atoms with Crippen molar-refractivity contribution in [3.05, 3.63) is 29.6 Å². The van der Waals surface area contributed by atoms with Crippen molar-refractivity contribution in [2.45, 2.75) is 13.3 Å². The van der Waals surface area contributed by atoms with Crippen LogP contribution < -0.4 is 10.1 Å². The summed E-state index contributed by atoms with van der Waals surface area (Å²) >= 11 is 0. The lowest BCUT2D eigenvalue weighted by Crippen LogP contribution is -2.11. The Kier molecular flexibility index (Phi) is 4.40. The second-order valence-electron chi connectivity index (χ2n) is 3.22. The standard InChI is InChI=1S/C11H16FNO/c1-9-4-5-10(8-11(9)12)14-7-3-6-13-2/h4-5,8,13H,3,6-7H2,1-2H3. The van der Waals surface area contributed by atoms with Gasteiger partial charge in [0, 0.05) is 6.07 Å². The van der Waals surface area contributed by atoms with Crippen molar-refractivity contribution >= 4 is 0 Å². The minimum atomic E-state index is -0.212.